The number of rotatable bonds is 5. The van der Waals surface area contributed by atoms with E-state index in [4.69, 9.17) is 4.89 Å². The van der Waals surface area contributed by atoms with Crippen molar-refractivity contribution in [2.75, 3.05) is 34.4 Å². The molecule has 0 bridgehead atoms. The minimum absolute atomic E-state index is 0.481. The van der Waals surface area contributed by atoms with Crippen molar-refractivity contribution < 1.29 is 14.3 Å². The molecule has 0 spiro atoms. The fourth-order valence-electron chi connectivity index (χ4n) is 0.674. The van der Waals surface area contributed by atoms with Crippen molar-refractivity contribution >= 4 is 8.38 Å². The fourth-order valence-corrected chi connectivity index (χ4v) is 1.17. The number of hydrogen-bond donors (Lipinski definition) is 1. The molecular formula is C10H26NO2P. The van der Waals surface area contributed by atoms with E-state index in [1.54, 1.807) is 0 Å². The Morgan fingerprint density at radius 1 is 1.07 bits per heavy atom. The SMILES string of the molecule is CCCCCCP([O-])O.C[N+](C)(C)C. The first kappa shape index (κ1) is 16.7. The van der Waals surface area contributed by atoms with Crippen LogP contribution in [-0.4, -0.2) is 43.7 Å². The third kappa shape index (κ3) is 39.5. The lowest BCUT2D eigenvalue weighted by Gasteiger charge is -2.14. The number of hydrogen-bond acceptors (Lipinski definition) is 2. The third-order valence-electron chi connectivity index (χ3n) is 1.20. The van der Waals surface area contributed by atoms with Gasteiger partial charge in [-0.1, -0.05) is 34.6 Å². The van der Waals surface area contributed by atoms with E-state index in [0.717, 1.165) is 17.3 Å². The van der Waals surface area contributed by atoms with Crippen molar-refractivity contribution in [3.63, 3.8) is 0 Å². The van der Waals surface area contributed by atoms with Crippen LogP contribution in [0.15, 0.2) is 0 Å². The molecule has 1 N–H and O–H groups in total. The zero-order valence-electron chi connectivity index (χ0n) is 10.3. The van der Waals surface area contributed by atoms with Crippen LogP contribution in [0.5, 0.6) is 0 Å². The van der Waals surface area contributed by atoms with Gasteiger partial charge in [0, 0.05) is 0 Å². The largest absolute Gasteiger partial charge is 0.808 e. The predicted octanol–water partition coefficient (Wildman–Crippen LogP) is 1.55. The molecule has 0 fully saturated rings. The van der Waals surface area contributed by atoms with Gasteiger partial charge in [-0.3, -0.25) is 0 Å². The standard InChI is InChI=1S/C6H14O2P.C4H12N/c1-2-3-4-5-6-9(7)8;1-5(2,3)4/h7H,2-6H2,1H3;1-4H3/q-1;+1. The summed E-state index contributed by atoms with van der Waals surface area (Å²) in [5.41, 5.74) is 0. The van der Waals surface area contributed by atoms with E-state index < -0.39 is 8.38 Å². The summed E-state index contributed by atoms with van der Waals surface area (Å²) in [6.07, 6.45) is 4.85. The molecule has 3 nitrogen and oxygen atoms in total. The molecule has 14 heavy (non-hydrogen) atoms. The molecule has 0 saturated carbocycles. The van der Waals surface area contributed by atoms with Gasteiger partial charge in [-0.05, 0) is 12.6 Å². The Kier molecular flexibility index (Phi) is 11.8. The maximum Gasteiger partial charge on any atom is 0.0675 e. The van der Waals surface area contributed by atoms with Crippen molar-refractivity contribution in [2.45, 2.75) is 32.6 Å². The Morgan fingerprint density at radius 2 is 1.50 bits per heavy atom. The van der Waals surface area contributed by atoms with Crippen LogP contribution >= 0.6 is 8.38 Å². The molecule has 0 aliphatic rings. The van der Waals surface area contributed by atoms with E-state index in [1.165, 1.54) is 12.8 Å². The van der Waals surface area contributed by atoms with Crippen molar-refractivity contribution in [3.05, 3.63) is 0 Å². The van der Waals surface area contributed by atoms with Crippen LogP contribution in [0.1, 0.15) is 32.6 Å². The van der Waals surface area contributed by atoms with E-state index in [0.29, 0.717) is 6.16 Å². The van der Waals surface area contributed by atoms with Gasteiger partial charge in [0.25, 0.3) is 0 Å². The Morgan fingerprint density at radius 3 is 1.79 bits per heavy atom. The summed E-state index contributed by atoms with van der Waals surface area (Å²) in [5, 5.41) is 0. The van der Waals surface area contributed by atoms with Gasteiger partial charge in [0.15, 0.2) is 0 Å². The molecule has 1 atom stereocenters. The highest BCUT2D eigenvalue weighted by molar-refractivity contribution is 7.43. The van der Waals surface area contributed by atoms with E-state index in [9.17, 15) is 4.89 Å². The summed E-state index contributed by atoms with van der Waals surface area (Å²) in [4.78, 5) is 18.5. The molecule has 0 aliphatic carbocycles. The van der Waals surface area contributed by atoms with Crippen LogP contribution < -0.4 is 4.89 Å². The van der Waals surface area contributed by atoms with E-state index >= 15 is 0 Å². The second kappa shape index (κ2) is 9.85. The molecule has 0 aliphatic heterocycles. The van der Waals surface area contributed by atoms with Crippen molar-refractivity contribution in [1.29, 1.82) is 0 Å². The van der Waals surface area contributed by atoms with Crippen LogP contribution in [0.25, 0.3) is 0 Å². The summed E-state index contributed by atoms with van der Waals surface area (Å²) < 4.78 is 1.00. The molecule has 88 valence electrons. The van der Waals surface area contributed by atoms with E-state index in [2.05, 4.69) is 35.1 Å². The van der Waals surface area contributed by atoms with Crippen LogP contribution in [0.4, 0.5) is 0 Å². The predicted molar refractivity (Wildman–Crippen MR) is 62.1 cm³/mol. The Labute approximate surface area is 90.3 Å². The first-order chi connectivity index (χ1) is 6.27. The quantitative estimate of drug-likeness (QED) is 0.436. The minimum atomic E-state index is -1.87. The van der Waals surface area contributed by atoms with Gasteiger partial charge in [-0.15, -0.1) is 0 Å². The average molecular weight is 223 g/mol. The summed E-state index contributed by atoms with van der Waals surface area (Å²) in [5.74, 6) is 0. The van der Waals surface area contributed by atoms with Crippen molar-refractivity contribution in [2.24, 2.45) is 0 Å². The molecule has 0 saturated heterocycles. The summed E-state index contributed by atoms with van der Waals surface area (Å²) in [6.45, 7) is 2.12. The third-order valence-corrected chi connectivity index (χ3v) is 1.90. The summed E-state index contributed by atoms with van der Waals surface area (Å²) >= 11 is 0. The van der Waals surface area contributed by atoms with Gasteiger partial charge < -0.3 is 14.3 Å². The van der Waals surface area contributed by atoms with Gasteiger partial charge in [0.2, 0.25) is 0 Å². The molecular weight excluding hydrogens is 197 g/mol. The normalized spacial score (nSPS) is 13.1. The van der Waals surface area contributed by atoms with Gasteiger partial charge in [-0.25, -0.2) is 0 Å². The lowest BCUT2D eigenvalue weighted by molar-refractivity contribution is -0.849. The highest BCUT2D eigenvalue weighted by atomic mass is 31.2. The Hall–Kier alpha value is 0.310. The smallest absolute Gasteiger partial charge is 0.0675 e. The summed E-state index contributed by atoms with van der Waals surface area (Å²) in [6, 6.07) is 0. The number of nitrogens with zero attached hydrogens (tertiary/aromatic N) is 1. The molecule has 1 unspecified atom stereocenters. The van der Waals surface area contributed by atoms with E-state index in [-0.39, 0.29) is 0 Å². The van der Waals surface area contributed by atoms with Gasteiger partial charge in [0.1, 0.15) is 0 Å². The van der Waals surface area contributed by atoms with Gasteiger partial charge in [0.05, 0.1) is 28.2 Å². The summed E-state index contributed by atoms with van der Waals surface area (Å²) in [7, 11) is 6.63. The molecule has 0 radical (unpaired) electrons. The zero-order valence-corrected chi connectivity index (χ0v) is 11.2. The molecule has 0 rings (SSSR count). The molecule has 0 aromatic rings. The lowest BCUT2D eigenvalue weighted by Crippen LogP contribution is -2.27. The molecule has 0 aromatic heterocycles. The first-order valence-electron chi connectivity index (χ1n) is 5.19. The van der Waals surface area contributed by atoms with Gasteiger partial charge >= 0.3 is 0 Å². The first-order valence-corrected chi connectivity index (χ1v) is 6.59. The maximum absolute atomic E-state index is 10.1. The molecule has 4 heteroatoms. The highest BCUT2D eigenvalue weighted by Crippen LogP contribution is 2.19. The number of unbranched alkanes of at least 4 members (excludes halogenated alkanes) is 3. The average Bonchev–Trinajstić information content (AvgIpc) is 1.94. The Balaban J connectivity index is 0. The zero-order chi connectivity index (χ0) is 11.6. The minimum Gasteiger partial charge on any atom is -0.808 e. The van der Waals surface area contributed by atoms with E-state index in [1.807, 2.05) is 0 Å². The lowest BCUT2D eigenvalue weighted by atomic mass is 10.2. The van der Waals surface area contributed by atoms with Crippen molar-refractivity contribution in [1.82, 2.24) is 0 Å². The fraction of sp³-hybridized carbons (Fsp3) is 1.00. The molecule has 0 heterocycles. The second-order valence-electron chi connectivity index (χ2n) is 4.82. The van der Waals surface area contributed by atoms with Gasteiger partial charge in [-0.2, -0.15) is 0 Å². The van der Waals surface area contributed by atoms with Crippen LogP contribution in [0, 0.1) is 0 Å². The Bertz CT molecular complexity index is 107. The van der Waals surface area contributed by atoms with Crippen LogP contribution in [0.2, 0.25) is 0 Å². The van der Waals surface area contributed by atoms with Crippen molar-refractivity contribution in [3.8, 4) is 0 Å². The van der Waals surface area contributed by atoms with Crippen LogP contribution in [-0.2, 0) is 0 Å². The van der Waals surface area contributed by atoms with Crippen LogP contribution in [0.3, 0.4) is 0 Å². The maximum atomic E-state index is 10.1. The monoisotopic (exact) mass is 223 g/mol. The number of quaternary nitrogens is 1. The topological polar surface area (TPSA) is 43.3 Å². The molecule has 0 amide bonds. The second-order valence-corrected chi connectivity index (χ2v) is 5.97. The highest BCUT2D eigenvalue weighted by Gasteiger charge is 1.88. The molecule has 0 aromatic carbocycles.